The van der Waals surface area contributed by atoms with E-state index in [2.05, 4.69) is 9.97 Å². The summed E-state index contributed by atoms with van der Waals surface area (Å²) in [5.74, 6) is 3.10. The summed E-state index contributed by atoms with van der Waals surface area (Å²) in [6.45, 7) is 0. The Morgan fingerprint density at radius 1 is 1.21 bits per heavy atom. The highest BCUT2D eigenvalue weighted by molar-refractivity contribution is 5.04. The second-order valence-electron chi connectivity index (χ2n) is 7.66. The Labute approximate surface area is 115 Å². The minimum Gasteiger partial charge on any atom is -0.348 e. The summed E-state index contributed by atoms with van der Waals surface area (Å²) < 4.78 is 0. The molecule has 1 heterocycles. The summed E-state index contributed by atoms with van der Waals surface area (Å²) in [7, 11) is 0. The Hall–Kier alpha value is -0.830. The molecule has 3 N–H and O–H groups in total. The van der Waals surface area contributed by atoms with Gasteiger partial charge in [0.05, 0.1) is 6.33 Å². The van der Waals surface area contributed by atoms with E-state index in [-0.39, 0.29) is 0 Å². The molecule has 19 heavy (non-hydrogen) atoms. The Bertz CT molecular complexity index is 402. The first-order chi connectivity index (χ1) is 9.21. The van der Waals surface area contributed by atoms with E-state index in [0.717, 1.165) is 24.2 Å². The maximum absolute atomic E-state index is 6.44. The second kappa shape index (κ2) is 4.34. The van der Waals surface area contributed by atoms with Crippen LogP contribution in [0.2, 0.25) is 0 Å². The summed E-state index contributed by atoms with van der Waals surface area (Å²) in [6, 6.07) is 0.302. The highest BCUT2D eigenvalue weighted by atomic mass is 14.9. The van der Waals surface area contributed by atoms with Crippen molar-refractivity contribution >= 4 is 0 Å². The molecule has 0 radical (unpaired) electrons. The molecule has 4 bridgehead atoms. The van der Waals surface area contributed by atoms with Crippen LogP contribution in [0.15, 0.2) is 12.5 Å². The normalized spacial score (nSPS) is 41.6. The highest BCUT2D eigenvalue weighted by Crippen LogP contribution is 2.61. The fourth-order valence-electron chi connectivity index (χ4n) is 5.85. The lowest BCUT2D eigenvalue weighted by Crippen LogP contribution is -2.48. The SMILES string of the molecule is NC(Cc1cnc[nH]1)CC12CC3CC(CC(C3)C1)C2. The number of nitrogens with two attached hydrogens (primary N) is 1. The van der Waals surface area contributed by atoms with Gasteiger partial charge in [-0.05, 0) is 68.1 Å². The van der Waals surface area contributed by atoms with Gasteiger partial charge in [-0.3, -0.25) is 0 Å². The number of nitrogens with zero attached hydrogens (tertiary/aromatic N) is 1. The minimum absolute atomic E-state index is 0.302. The first-order valence-electron chi connectivity index (χ1n) is 7.94. The molecule has 3 nitrogen and oxygen atoms in total. The molecular formula is C16H25N3. The smallest absolute Gasteiger partial charge is 0.0921 e. The van der Waals surface area contributed by atoms with E-state index >= 15 is 0 Å². The van der Waals surface area contributed by atoms with Crippen LogP contribution in [0.25, 0.3) is 0 Å². The Balaban J connectivity index is 1.44. The molecule has 0 saturated heterocycles. The number of imidazole rings is 1. The lowest BCUT2D eigenvalue weighted by Gasteiger charge is -2.57. The Morgan fingerprint density at radius 3 is 2.37 bits per heavy atom. The Kier molecular flexibility index (Phi) is 2.73. The van der Waals surface area contributed by atoms with Gasteiger partial charge in [0, 0.05) is 24.4 Å². The third kappa shape index (κ3) is 2.22. The molecule has 1 atom stereocenters. The summed E-state index contributed by atoms with van der Waals surface area (Å²) >= 11 is 0. The number of hydrogen-bond acceptors (Lipinski definition) is 2. The lowest BCUT2D eigenvalue weighted by atomic mass is 9.48. The fraction of sp³-hybridized carbons (Fsp3) is 0.812. The van der Waals surface area contributed by atoms with Crippen molar-refractivity contribution in [3.05, 3.63) is 18.2 Å². The standard InChI is InChI=1S/C16H25N3/c17-14(4-15-9-18-10-19-15)8-16-5-11-1-12(6-16)3-13(2-11)7-16/h9-14H,1-8,17H2,(H,18,19). The van der Waals surface area contributed by atoms with Crippen LogP contribution in [0.5, 0.6) is 0 Å². The van der Waals surface area contributed by atoms with E-state index in [4.69, 9.17) is 5.73 Å². The predicted molar refractivity (Wildman–Crippen MR) is 75.5 cm³/mol. The van der Waals surface area contributed by atoms with E-state index < -0.39 is 0 Å². The van der Waals surface area contributed by atoms with Gasteiger partial charge in [0.15, 0.2) is 0 Å². The van der Waals surface area contributed by atoms with Gasteiger partial charge in [0.2, 0.25) is 0 Å². The van der Waals surface area contributed by atoms with Gasteiger partial charge in [-0.2, -0.15) is 0 Å². The molecule has 3 heteroatoms. The van der Waals surface area contributed by atoms with Crippen molar-refractivity contribution < 1.29 is 0 Å². The molecule has 1 aromatic heterocycles. The maximum Gasteiger partial charge on any atom is 0.0921 e. The first kappa shape index (κ1) is 12.0. The van der Waals surface area contributed by atoms with Gasteiger partial charge in [0.25, 0.3) is 0 Å². The molecule has 4 aliphatic carbocycles. The minimum atomic E-state index is 0.302. The molecule has 0 spiro atoms. The van der Waals surface area contributed by atoms with Crippen molar-refractivity contribution in [3.8, 4) is 0 Å². The van der Waals surface area contributed by atoms with Crippen molar-refractivity contribution in [2.24, 2.45) is 28.9 Å². The molecular weight excluding hydrogens is 234 g/mol. The number of rotatable bonds is 4. The molecule has 1 aromatic rings. The van der Waals surface area contributed by atoms with Crippen LogP contribution < -0.4 is 5.73 Å². The van der Waals surface area contributed by atoms with Crippen molar-refractivity contribution in [2.45, 2.75) is 57.4 Å². The average Bonchev–Trinajstić information content (AvgIpc) is 2.78. The molecule has 4 aliphatic rings. The summed E-state index contributed by atoms with van der Waals surface area (Å²) in [5, 5.41) is 0. The van der Waals surface area contributed by atoms with Crippen molar-refractivity contribution in [1.29, 1.82) is 0 Å². The number of nitrogens with one attached hydrogen (secondary N) is 1. The van der Waals surface area contributed by atoms with Crippen molar-refractivity contribution in [2.75, 3.05) is 0 Å². The average molecular weight is 259 g/mol. The van der Waals surface area contributed by atoms with E-state index in [9.17, 15) is 0 Å². The fourth-order valence-corrected chi connectivity index (χ4v) is 5.85. The van der Waals surface area contributed by atoms with Crippen LogP contribution in [0.3, 0.4) is 0 Å². The zero-order chi connectivity index (χ0) is 12.9. The van der Waals surface area contributed by atoms with Gasteiger partial charge in [0.1, 0.15) is 0 Å². The zero-order valence-corrected chi connectivity index (χ0v) is 11.6. The van der Waals surface area contributed by atoms with Crippen LogP contribution in [-0.4, -0.2) is 16.0 Å². The first-order valence-corrected chi connectivity index (χ1v) is 7.94. The van der Waals surface area contributed by atoms with E-state index in [1.165, 1.54) is 50.6 Å². The summed E-state index contributed by atoms with van der Waals surface area (Å²) in [6.07, 6.45) is 14.8. The van der Waals surface area contributed by atoms with E-state index in [1.54, 1.807) is 6.33 Å². The maximum atomic E-state index is 6.44. The highest BCUT2D eigenvalue weighted by Gasteiger charge is 2.50. The topological polar surface area (TPSA) is 54.7 Å². The van der Waals surface area contributed by atoms with Crippen LogP contribution >= 0.6 is 0 Å². The quantitative estimate of drug-likeness (QED) is 0.873. The molecule has 0 amide bonds. The zero-order valence-electron chi connectivity index (χ0n) is 11.6. The molecule has 4 fully saturated rings. The van der Waals surface area contributed by atoms with Crippen molar-refractivity contribution in [1.82, 2.24) is 9.97 Å². The van der Waals surface area contributed by atoms with Gasteiger partial charge in [-0.1, -0.05) is 0 Å². The van der Waals surface area contributed by atoms with E-state index in [0.29, 0.717) is 11.5 Å². The monoisotopic (exact) mass is 259 g/mol. The van der Waals surface area contributed by atoms with Gasteiger partial charge >= 0.3 is 0 Å². The molecule has 0 aromatic carbocycles. The van der Waals surface area contributed by atoms with Gasteiger partial charge in [-0.25, -0.2) is 4.98 Å². The summed E-state index contributed by atoms with van der Waals surface area (Å²) in [4.78, 5) is 7.28. The predicted octanol–water partition coefficient (Wildman–Crippen LogP) is 2.89. The van der Waals surface area contributed by atoms with Crippen molar-refractivity contribution in [3.63, 3.8) is 0 Å². The van der Waals surface area contributed by atoms with Crippen LogP contribution in [0.4, 0.5) is 0 Å². The van der Waals surface area contributed by atoms with Crippen LogP contribution in [-0.2, 0) is 6.42 Å². The number of aromatic amines is 1. The third-order valence-electron chi connectivity index (χ3n) is 5.90. The number of H-pyrrole nitrogens is 1. The molecule has 5 rings (SSSR count). The Morgan fingerprint density at radius 2 is 1.84 bits per heavy atom. The molecule has 0 aliphatic heterocycles. The molecule has 4 saturated carbocycles. The van der Waals surface area contributed by atoms with Gasteiger partial charge in [-0.15, -0.1) is 0 Å². The van der Waals surface area contributed by atoms with Crippen LogP contribution in [0, 0.1) is 23.2 Å². The largest absolute Gasteiger partial charge is 0.348 e. The van der Waals surface area contributed by atoms with Crippen LogP contribution in [0.1, 0.15) is 50.6 Å². The lowest BCUT2D eigenvalue weighted by molar-refractivity contribution is -0.0603. The number of hydrogen-bond donors (Lipinski definition) is 2. The van der Waals surface area contributed by atoms with Gasteiger partial charge < -0.3 is 10.7 Å². The van der Waals surface area contributed by atoms with E-state index in [1.807, 2.05) is 6.20 Å². The molecule has 1 unspecified atom stereocenters. The second-order valence-corrected chi connectivity index (χ2v) is 7.66. The number of aromatic nitrogens is 2. The molecule has 104 valence electrons. The third-order valence-corrected chi connectivity index (χ3v) is 5.90. The summed E-state index contributed by atoms with van der Waals surface area (Å²) in [5.41, 5.74) is 8.24.